The van der Waals surface area contributed by atoms with Gasteiger partial charge in [0, 0.05) is 0 Å². The van der Waals surface area contributed by atoms with Crippen molar-refractivity contribution in [3.8, 4) is 0 Å². The van der Waals surface area contributed by atoms with Gasteiger partial charge in [-0.15, -0.1) is 0 Å². The molecule has 0 fully saturated rings. The van der Waals surface area contributed by atoms with Crippen molar-refractivity contribution in [2.45, 2.75) is 32.1 Å². The standard InChI is InChI=1S/C12H18O2S2Se2/c1-3-17-11(13,15)9-7-5-6-8-10(9)12(14,16)18-4-2/h5-8,13-16H,3-4H2,1-2H3. The van der Waals surface area contributed by atoms with Gasteiger partial charge in [0.25, 0.3) is 0 Å². The van der Waals surface area contributed by atoms with Gasteiger partial charge in [0.15, 0.2) is 0 Å². The molecule has 0 heterocycles. The van der Waals surface area contributed by atoms with Gasteiger partial charge in [0.2, 0.25) is 0 Å². The third-order valence-electron chi connectivity index (χ3n) is 2.32. The number of rotatable bonds is 6. The Morgan fingerprint density at radius 3 is 1.56 bits per heavy atom. The maximum absolute atomic E-state index is 10.5. The SMILES string of the molecule is CC[Se]C(O)(S)c1ccccc1C(O)(S)[Se]CC. The first kappa shape index (κ1) is 16.9. The predicted octanol–water partition coefficient (Wildman–Crippen LogP) is 2.04. The molecule has 0 bridgehead atoms. The van der Waals surface area contributed by atoms with Crippen LogP contribution in [0.3, 0.4) is 0 Å². The third-order valence-corrected chi connectivity index (χ3v) is 7.97. The van der Waals surface area contributed by atoms with Crippen LogP contribution in [0.25, 0.3) is 0 Å². The molecule has 0 saturated carbocycles. The Bertz CT molecular complexity index is 360. The van der Waals surface area contributed by atoms with E-state index in [1.165, 1.54) is 0 Å². The molecule has 0 spiro atoms. The van der Waals surface area contributed by atoms with Crippen LogP contribution in [0.2, 0.25) is 10.6 Å². The van der Waals surface area contributed by atoms with Gasteiger partial charge in [-0.3, -0.25) is 0 Å². The maximum atomic E-state index is 10.5. The van der Waals surface area contributed by atoms with Crippen molar-refractivity contribution in [1.29, 1.82) is 0 Å². The molecular weight excluding hydrogens is 398 g/mol. The summed E-state index contributed by atoms with van der Waals surface area (Å²) in [6.07, 6.45) is 0. The van der Waals surface area contributed by atoms with Crippen molar-refractivity contribution in [3.63, 3.8) is 0 Å². The summed E-state index contributed by atoms with van der Waals surface area (Å²) in [4.78, 5) is 0. The van der Waals surface area contributed by atoms with E-state index in [9.17, 15) is 10.2 Å². The molecule has 0 aliphatic heterocycles. The molecule has 1 rings (SSSR count). The second-order valence-corrected chi connectivity index (χ2v) is 12.4. The average molecular weight is 416 g/mol. The first-order valence-corrected chi connectivity index (χ1v) is 10.7. The van der Waals surface area contributed by atoms with E-state index in [1.54, 1.807) is 0 Å². The molecule has 0 radical (unpaired) electrons. The van der Waals surface area contributed by atoms with Crippen LogP contribution >= 0.6 is 25.3 Å². The van der Waals surface area contributed by atoms with Gasteiger partial charge in [-0.25, -0.2) is 0 Å². The fourth-order valence-electron chi connectivity index (χ4n) is 1.61. The molecule has 1 aromatic carbocycles. The molecule has 0 aliphatic carbocycles. The molecule has 1 aromatic rings. The zero-order chi connectivity index (χ0) is 13.8. The summed E-state index contributed by atoms with van der Waals surface area (Å²) in [5.74, 6) is 0. The van der Waals surface area contributed by atoms with Gasteiger partial charge in [0.1, 0.15) is 0 Å². The van der Waals surface area contributed by atoms with Gasteiger partial charge >= 0.3 is 133 Å². The molecule has 6 heteroatoms. The normalized spacial score (nSPS) is 18.1. The summed E-state index contributed by atoms with van der Waals surface area (Å²) in [5.41, 5.74) is 1.37. The minimum atomic E-state index is -1.15. The second kappa shape index (κ2) is 7.05. The van der Waals surface area contributed by atoms with E-state index in [0.29, 0.717) is 11.1 Å². The molecule has 2 unspecified atom stereocenters. The van der Waals surface area contributed by atoms with Crippen molar-refractivity contribution in [2.75, 3.05) is 0 Å². The van der Waals surface area contributed by atoms with E-state index in [-0.39, 0.29) is 29.9 Å². The van der Waals surface area contributed by atoms with Crippen LogP contribution in [-0.2, 0) is 7.66 Å². The van der Waals surface area contributed by atoms with E-state index < -0.39 is 7.66 Å². The summed E-state index contributed by atoms with van der Waals surface area (Å²) < 4.78 is -2.31. The van der Waals surface area contributed by atoms with Gasteiger partial charge < -0.3 is 0 Å². The van der Waals surface area contributed by atoms with Gasteiger partial charge in [-0.05, 0) is 0 Å². The molecule has 2 nitrogen and oxygen atoms in total. The number of hydrogen-bond donors (Lipinski definition) is 4. The molecule has 0 aromatic heterocycles. The molecule has 2 atom stereocenters. The first-order chi connectivity index (χ1) is 8.35. The summed E-state index contributed by atoms with van der Waals surface area (Å²) in [5, 5.41) is 22.7. The van der Waals surface area contributed by atoms with E-state index in [4.69, 9.17) is 0 Å². The van der Waals surface area contributed by atoms with Crippen LogP contribution in [-0.4, -0.2) is 40.1 Å². The second-order valence-electron chi connectivity index (χ2n) is 3.63. The molecule has 102 valence electrons. The van der Waals surface area contributed by atoms with Crippen molar-refractivity contribution in [1.82, 2.24) is 0 Å². The number of aliphatic hydroxyl groups is 2. The van der Waals surface area contributed by atoms with Crippen LogP contribution in [0, 0.1) is 0 Å². The van der Waals surface area contributed by atoms with Crippen LogP contribution < -0.4 is 0 Å². The van der Waals surface area contributed by atoms with Crippen LogP contribution in [0.4, 0.5) is 0 Å². The molecule has 0 saturated heterocycles. The van der Waals surface area contributed by atoms with Crippen LogP contribution in [0.1, 0.15) is 25.0 Å². The number of hydrogen-bond acceptors (Lipinski definition) is 4. The fraction of sp³-hybridized carbons (Fsp3) is 0.500. The number of benzene rings is 1. The molecule has 0 amide bonds. The Morgan fingerprint density at radius 2 is 1.28 bits per heavy atom. The number of thiol groups is 2. The minimum absolute atomic E-state index is 0.0463. The average Bonchev–Trinajstić information content (AvgIpc) is 2.29. The quantitative estimate of drug-likeness (QED) is 0.326. The van der Waals surface area contributed by atoms with Crippen LogP contribution in [0.5, 0.6) is 0 Å². The van der Waals surface area contributed by atoms with Crippen molar-refractivity contribution >= 4 is 55.2 Å². The van der Waals surface area contributed by atoms with E-state index >= 15 is 0 Å². The Hall–Kier alpha value is 0.879. The molecular formula is C12H18O2S2Se2. The van der Waals surface area contributed by atoms with E-state index in [2.05, 4.69) is 25.3 Å². The van der Waals surface area contributed by atoms with Crippen molar-refractivity contribution in [3.05, 3.63) is 35.4 Å². The molecule has 2 N–H and O–H groups in total. The summed E-state index contributed by atoms with van der Waals surface area (Å²) in [7, 11) is 0. The Labute approximate surface area is 132 Å². The summed E-state index contributed by atoms with van der Waals surface area (Å²) in [6.45, 7) is 4.04. The van der Waals surface area contributed by atoms with Gasteiger partial charge in [-0.1, -0.05) is 0 Å². The molecule has 18 heavy (non-hydrogen) atoms. The summed E-state index contributed by atoms with van der Waals surface area (Å²) in [6, 6.07) is 7.36. The van der Waals surface area contributed by atoms with E-state index in [1.807, 2.05) is 38.1 Å². The molecule has 0 aliphatic rings. The van der Waals surface area contributed by atoms with E-state index in [0.717, 1.165) is 10.6 Å². The topological polar surface area (TPSA) is 40.5 Å². The first-order valence-electron chi connectivity index (χ1n) is 5.62. The fourth-order valence-corrected chi connectivity index (χ4v) is 6.43. The van der Waals surface area contributed by atoms with Crippen LogP contribution in [0.15, 0.2) is 24.3 Å². The zero-order valence-corrected chi connectivity index (χ0v) is 15.5. The van der Waals surface area contributed by atoms with Gasteiger partial charge in [0.05, 0.1) is 0 Å². The Kier molecular flexibility index (Phi) is 6.63. The third kappa shape index (κ3) is 4.19. The predicted molar refractivity (Wildman–Crippen MR) is 84.7 cm³/mol. The summed E-state index contributed by atoms with van der Waals surface area (Å²) >= 11 is 8.65. The van der Waals surface area contributed by atoms with Crippen molar-refractivity contribution < 1.29 is 10.2 Å². The monoisotopic (exact) mass is 418 g/mol. The Balaban J connectivity index is 3.22. The van der Waals surface area contributed by atoms with Gasteiger partial charge in [-0.2, -0.15) is 0 Å². The van der Waals surface area contributed by atoms with Crippen molar-refractivity contribution in [2.24, 2.45) is 0 Å². The zero-order valence-electron chi connectivity index (χ0n) is 10.3. The Morgan fingerprint density at radius 1 is 0.944 bits per heavy atom.